The summed E-state index contributed by atoms with van der Waals surface area (Å²) in [5.74, 6) is 1.15. The van der Waals surface area contributed by atoms with E-state index in [1.807, 2.05) is 0 Å². The highest BCUT2D eigenvalue weighted by Gasteiger charge is 2.15. The zero-order valence-electron chi connectivity index (χ0n) is 12.0. The maximum absolute atomic E-state index is 5.96. The third kappa shape index (κ3) is 4.73. The maximum atomic E-state index is 5.96. The molecule has 8 heteroatoms. The van der Waals surface area contributed by atoms with E-state index in [2.05, 4.69) is 44.2 Å². The quantitative estimate of drug-likeness (QED) is 0.777. The van der Waals surface area contributed by atoms with Crippen LogP contribution in [0.3, 0.4) is 0 Å². The number of anilines is 2. The minimum Gasteiger partial charge on any atom is -0.378 e. The molecule has 1 aliphatic heterocycles. The number of nitrogens with zero attached hydrogens (tertiary/aromatic N) is 5. The number of ether oxygens (including phenoxy) is 1. The van der Waals surface area contributed by atoms with Gasteiger partial charge in [-0.2, -0.15) is 15.0 Å². The van der Waals surface area contributed by atoms with Crippen molar-refractivity contribution in [3.05, 3.63) is 5.28 Å². The lowest BCUT2D eigenvalue weighted by Crippen LogP contribution is -2.37. The van der Waals surface area contributed by atoms with Gasteiger partial charge in [0.1, 0.15) is 0 Å². The van der Waals surface area contributed by atoms with Gasteiger partial charge in [-0.25, -0.2) is 0 Å². The van der Waals surface area contributed by atoms with E-state index in [0.717, 1.165) is 32.6 Å². The highest BCUT2D eigenvalue weighted by atomic mass is 35.5. The first kappa shape index (κ1) is 15.2. The molecule has 0 aliphatic carbocycles. The van der Waals surface area contributed by atoms with E-state index < -0.39 is 0 Å². The van der Waals surface area contributed by atoms with Gasteiger partial charge in [-0.15, -0.1) is 0 Å². The first-order chi connectivity index (χ1) is 9.65. The van der Waals surface area contributed by atoms with Gasteiger partial charge in [0.05, 0.1) is 13.2 Å². The number of nitrogens with one attached hydrogen (secondary N) is 1. The Balaban J connectivity index is 1.93. The van der Waals surface area contributed by atoms with Crippen molar-refractivity contribution in [1.29, 1.82) is 0 Å². The van der Waals surface area contributed by atoms with Gasteiger partial charge in [0.2, 0.25) is 17.2 Å². The lowest BCUT2D eigenvalue weighted by atomic mass is 10.4. The average Bonchev–Trinajstić information content (AvgIpc) is 2.44. The van der Waals surface area contributed by atoms with E-state index in [1.165, 1.54) is 0 Å². The number of morpholine rings is 1. The molecule has 2 heterocycles. The predicted molar refractivity (Wildman–Crippen MR) is 79.5 cm³/mol. The normalized spacial score (nSPS) is 15.7. The molecule has 0 spiro atoms. The van der Waals surface area contributed by atoms with Gasteiger partial charge >= 0.3 is 0 Å². The van der Waals surface area contributed by atoms with Crippen LogP contribution in [0.2, 0.25) is 5.28 Å². The van der Waals surface area contributed by atoms with E-state index in [0.29, 0.717) is 25.1 Å². The fourth-order valence-electron chi connectivity index (χ4n) is 1.92. The Hall–Kier alpha value is -1.18. The van der Waals surface area contributed by atoms with Crippen molar-refractivity contribution in [1.82, 2.24) is 19.9 Å². The summed E-state index contributed by atoms with van der Waals surface area (Å²) in [4.78, 5) is 16.9. The van der Waals surface area contributed by atoms with Crippen LogP contribution < -0.4 is 10.2 Å². The number of halogens is 1. The van der Waals surface area contributed by atoms with E-state index in [9.17, 15) is 0 Å². The van der Waals surface area contributed by atoms with Gasteiger partial charge in [-0.05, 0) is 38.7 Å². The summed E-state index contributed by atoms with van der Waals surface area (Å²) in [6.07, 6.45) is 1.02. The van der Waals surface area contributed by atoms with E-state index in [-0.39, 0.29) is 5.28 Å². The molecule has 1 saturated heterocycles. The van der Waals surface area contributed by atoms with Crippen LogP contribution in [-0.2, 0) is 4.74 Å². The zero-order valence-corrected chi connectivity index (χ0v) is 12.7. The largest absolute Gasteiger partial charge is 0.378 e. The molecule has 1 aliphatic rings. The number of aromatic nitrogens is 3. The van der Waals surface area contributed by atoms with Crippen molar-refractivity contribution in [2.75, 3.05) is 63.7 Å². The maximum Gasteiger partial charge on any atom is 0.231 e. The Morgan fingerprint density at radius 3 is 2.70 bits per heavy atom. The fraction of sp³-hybridized carbons (Fsp3) is 0.750. The Bertz CT molecular complexity index is 424. The second-order valence-corrected chi connectivity index (χ2v) is 5.25. The van der Waals surface area contributed by atoms with Gasteiger partial charge in [0.15, 0.2) is 0 Å². The Labute approximate surface area is 124 Å². The van der Waals surface area contributed by atoms with Crippen LogP contribution in [0.1, 0.15) is 6.42 Å². The van der Waals surface area contributed by atoms with Crippen molar-refractivity contribution < 1.29 is 4.74 Å². The lowest BCUT2D eigenvalue weighted by molar-refractivity contribution is 0.122. The smallest absolute Gasteiger partial charge is 0.231 e. The van der Waals surface area contributed by atoms with Crippen LogP contribution in [0, 0.1) is 0 Å². The third-order valence-electron chi connectivity index (χ3n) is 2.96. The topological polar surface area (TPSA) is 66.4 Å². The van der Waals surface area contributed by atoms with Crippen molar-refractivity contribution in [2.45, 2.75) is 6.42 Å². The summed E-state index contributed by atoms with van der Waals surface area (Å²) in [5.41, 5.74) is 0. The van der Waals surface area contributed by atoms with E-state index >= 15 is 0 Å². The van der Waals surface area contributed by atoms with Crippen LogP contribution in [0.15, 0.2) is 0 Å². The first-order valence-electron chi connectivity index (χ1n) is 6.78. The highest BCUT2D eigenvalue weighted by molar-refractivity contribution is 6.28. The first-order valence-corrected chi connectivity index (χ1v) is 7.16. The van der Waals surface area contributed by atoms with Gasteiger partial charge in [0.25, 0.3) is 0 Å². The molecule has 112 valence electrons. The van der Waals surface area contributed by atoms with Crippen molar-refractivity contribution in [3.63, 3.8) is 0 Å². The summed E-state index contributed by atoms with van der Waals surface area (Å²) >= 11 is 5.96. The molecule has 0 aromatic carbocycles. The lowest BCUT2D eigenvalue weighted by Gasteiger charge is -2.26. The molecule has 0 radical (unpaired) electrons. The van der Waals surface area contributed by atoms with E-state index in [4.69, 9.17) is 16.3 Å². The molecular weight excluding hydrogens is 280 g/mol. The van der Waals surface area contributed by atoms with Crippen LogP contribution in [0.5, 0.6) is 0 Å². The van der Waals surface area contributed by atoms with E-state index in [1.54, 1.807) is 0 Å². The predicted octanol–water partition coefficient (Wildman–Crippen LogP) is 0.725. The number of hydrogen-bond acceptors (Lipinski definition) is 7. The Kier molecular flexibility index (Phi) is 5.75. The molecule has 0 unspecified atom stereocenters. The zero-order chi connectivity index (χ0) is 14.4. The molecule has 0 atom stereocenters. The monoisotopic (exact) mass is 300 g/mol. The van der Waals surface area contributed by atoms with Crippen LogP contribution in [0.4, 0.5) is 11.9 Å². The molecular formula is C12H21ClN6O. The molecule has 0 saturated carbocycles. The minimum atomic E-state index is 0.219. The standard InChI is InChI=1S/C12H21ClN6O/c1-18(2)5-3-4-14-11-15-10(13)16-12(17-11)19-6-8-20-9-7-19/h3-9H2,1-2H3,(H,14,15,16,17). The molecule has 1 fully saturated rings. The second kappa shape index (κ2) is 7.56. The summed E-state index contributed by atoms with van der Waals surface area (Å²) < 4.78 is 5.32. The van der Waals surface area contributed by atoms with Crippen molar-refractivity contribution in [2.24, 2.45) is 0 Å². The molecule has 0 amide bonds. The summed E-state index contributed by atoms with van der Waals surface area (Å²) in [6, 6.07) is 0. The Morgan fingerprint density at radius 2 is 2.00 bits per heavy atom. The van der Waals surface area contributed by atoms with Gasteiger partial charge in [0, 0.05) is 19.6 Å². The summed E-state index contributed by atoms with van der Waals surface area (Å²) in [7, 11) is 4.10. The SMILES string of the molecule is CN(C)CCCNc1nc(Cl)nc(N2CCOCC2)n1. The van der Waals surface area contributed by atoms with Gasteiger partial charge in [-0.3, -0.25) is 0 Å². The van der Waals surface area contributed by atoms with Crippen LogP contribution >= 0.6 is 11.6 Å². The Morgan fingerprint density at radius 1 is 1.25 bits per heavy atom. The highest BCUT2D eigenvalue weighted by Crippen LogP contribution is 2.14. The summed E-state index contributed by atoms with van der Waals surface area (Å²) in [6.45, 7) is 4.76. The van der Waals surface area contributed by atoms with Crippen molar-refractivity contribution in [3.8, 4) is 0 Å². The average molecular weight is 301 g/mol. The number of rotatable bonds is 6. The molecule has 1 N–H and O–H groups in total. The van der Waals surface area contributed by atoms with Gasteiger partial charge in [-0.1, -0.05) is 0 Å². The summed E-state index contributed by atoms with van der Waals surface area (Å²) in [5, 5.41) is 3.41. The van der Waals surface area contributed by atoms with Crippen LogP contribution in [-0.4, -0.2) is 73.3 Å². The molecule has 1 aromatic rings. The number of hydrogen-bond donors (Lipinski definition) is 1. The fourth-order valence-corrected chi connectivity index (χ4v) is 2.07. The van der Waals surface area contributed by atoms with Crippen LogP contribution in [0.25, 0.3) is 0 Å². The van der Waals surface area contributed by atoms with Gasteiger partial charge < -0.3 is 19.9 Å². The molecule has 20 heavy (non-hydrogen) atoms. The minimum absolute atomic E-state index is 0.219. The molecule has 0 bridgehead atoms. The second-order valence-electron chi connectivity index (χ2n) is 4.91. The third-order valence-corrected chi connectivity index (χ3v) is 3.12. The molecule has 2 rings (SSSR count). The molecule has 1 aromatic heterocycles. The molecule has 7 nitrogen and oxygen atoms in total. The van der Waals surface area contributed by atoms with Crippen molar-refractivity contribution >= 4 is 23.5 Å².